The second-order valence-electron chi connectivity index (χ2n) is 5.60. The van der Waals surface area contributed by atoms with Crippen LogP contribution in [0.3, 0.4) is 0 Å². The van der Waals surface area contributed by atoms with Crippen molar-refractivity contribution in [3.05, 3.63) is 58.1 Å². The van der Waals surface area contributed by atoms with Gasteiger partial charge in [0.05, 0.1) is 13.0 Å². The highest BCUT2D eigenvalue weighted by Crippen LogP contribution is 2.33. The molecule has 1 aliphatic rings. The first-order valence-electron chi connectivity index (χ1n) is 7.58. The number of rotatable bonds is 5. The molecule has 0 unspecified atom stereocenters. The smallest absolute Gasteiger partial charge is 0.227 e. The molecule has 0 bridgehead atoms. The largest absolute Gasteiger partial charge is 0.339 e. The Kier molecular flexibility index (Phi) is 4.67. The standard InChI is InChI=1S/C18H18N2O2S/c1-20(12-17-19-9-10-23-17)18(22)11-15-14(7-8-16(15)21)13-5-3-2-4-6-13/h2-6,9-10H,7-8,11-12H2,1H3. The number of aromatic nitrogens is 1. The molecule has 1 aliphatic carbocycles. The summed E-state index contributed by atoms with van der Waals surface area (Å²) in [6, 6.07) is 9.86. The second kappa shape index (κ2) is 6.87. The lowest BCUT2D eigenvalue weighted by atomic mass is 10.00. The van der Waals surface area contributed by atoms with Crippen LogP contribution in [0.25, 0.3) is 5.57 Å². The van der Waals surface area contributed by atoms with Crippen LogP contribution in [0.2, 0.25) is 0 Å². The molecule has 0 saturated heterocycles. The average molecular weight is 326 g/mol. The van der Waals surface area contributed by atoms with Crippen molar-refractivity contribution in [3.63, 3.8) is 0 Å². The summed E-state index contributed by atoms with van der Waals surface area (Å²) < 4.78 is 0. The summed E-state index contributed by atoms with van der Waals surface area (Å²) in [7, 11) is 1.76. The summed E-state index contributed by atoms with van der Waals surface area (Å²) in [4.78, 5) is 30.5. The van der Waals surface area contributed by atoms with Crippen molar-refractivity contribution in [2.75, 3.05) is 7.05 Å². The predicted molar refractivity (Wildman–Crippen MR) is 90.8 cm³/mol. The van der Waals surface area contributed by atoms with Gasteiger partial charge in [-0.25, -0.2) is 4.98 Å². The van der Waals surface area contributed by atoms with Crippen LogP contribution in [0.15, 0.2) is 47.5 Å². The molecule has 0 N–H and O–H groups in total. The lowest BCUT2D eigenvalue weighted by Gasteiger charge is -2.16. The monoisotopic (exact) mass is 326 g/mol. The molecule has 0 spiro atoms. The molecule has 0 radical (unpaired) electrons. The summed E-state index contributed by atoms with van der Waals surface area (Å²) >= 11 is 1.53. The Morgan fingerprint density at radius 3 is 2.74 bits per heavy atom. The van der Waals surface area contributed by atoms with Crippen LogP contribution in [0, 0.1) is 0 Å². The molecule has 1 heterocycles. The zero-order chi connectivity index (χ0) is 16.2. The lowest BCUT2D eigenvalue weighted by Crippen LogP contribution is -2.27. The van der Waals surface area contributed by atoms with Gasteiger partial charge in [0.25, 0.3) is 0 Å². The van der Waals surface area contributed by atoms with Crippen molar-refractivity contribution < 1.29 is 9.59 Å². The second-order valence-corrected chi connectivity index (χ2v) is 6.58. The van der Waals surface area contributed by atoms with Crippen LogP contribution in [0.5, 0.6) is 0 Å². The van der Waals surface area contributed by atoms with E-state index >= 15 is 0 Å². The van der Waals surface area contributed by atoms with E-state index in [2.05, 4.69) is 4.98 Å². The van der Waals surface area contributed by atoms with Gasteiger partial charge in [-0.1, -0.05) is 30.3 Å². The van der Waals surface area contributed by atoms with E-state index in [1.54, 1.807) is 18.1 Å². The van der Waals surface area contributed by atoms with Gasteiger partial charge in [-0.05, 0) is 17.6 Å². The van der Waals surface area contributed by atoms with Crippen molar-refractivity contribution in [2.24, 2.45) is 0 Å². The minimum absolute atomic E-state index is 0.0427. The van der Waals surface area contributed by atoms with Crippen molar-refractivity contribution in [3.8, 4) is 0 Å². The molecule has 23 heavy (non-hydrogen) atoms. The van der Waals surface area contributed by atoms with E-state index in [4.69, 9.17) is 0 Å². The third kappa shape index (κ3) is 3.56. The number of amides is 1. The fourth-order valence-electron chi connectivity index (χ4n) is 2.78. The summed E-state index contributed by atoms with van der Waals surface area (Å²) in [5, 5.41) is 2.79. The van der Waals surface area contributed by atoms with E-state index in [1.807, 2.05) is 35.7 Å². The summed E-state index contributed by atoms with van der Waals surface area (Å²) in [6.45, 7) is 0.485. The minimum Gasteiger partial charge on any atom is -0.339 e. The Morgan fingerprint density at radius 1 is 1.26 bits per heavy atom. The van der Waals surface area contributed by atoms with Gasteiger partial charge in [0, 0.05) is 30.6 Å². The quantitative estimate of drug-likeness (QED) is 0.847. The number of allylic oxidation sites excluding steroid dienone is 1. The van der Waals surface area contributed by atoms with Crippen LogP contribution in [0.1, 0.15) is 29.8 Å². The molecule has 1 aromatic carbocycles. The normalized spacial score (nSPS) is 14.4. The summed E-state index contributed by atoms with van der Waals surface area (Å²) in [6.07, 6.45) is 3.13. The number of ketones is 1. The van der Waals surface area contributed by atoms with Crippen molar-refractivity contribution in [2.45, 2.75) is 25.8 Å². The van der Waals surface area contributed by atoms with Gasteiger partial charge >= 0.3 is 0 Å². The Balaban J connectivity index is 1.76. The molecule has 0 aliphatic heterocycles. The van der Waals surface area contributed by atoms with E-state index in [-0.39, 0.29) is 18.1 Å². The Labute approximate surface area is 139 Å². The van der Waals surface area contributed by atoms with Gasteiger partial charge in [-0.15, -0.1) is 11.3 Å². The first-order chi connectivity index (χ1) is 11.1. The zero-order valence-corrected chi connectivity index (χ0v) is 13.8. The number of carbonyl (C=O) groups is 2. The first kappa shape index (κ1) is 15.6. The third-order valence-electron chi connectivity index (χ3n) is 4.03. The lowest BCUT2D eigenvalue weighted by molar-refractivity contribution is -0.130. The number of hydrogen-bond acceptors (Lipinski definition) is 4. The van der Waals surface area contributed by atoms with E-state index in [0.717, 1.165) is 22.6 Å². The highest BCUT2D eigenvalue weighted by Gasteiger charge is 2.26. The molecule has 1 aromatic heterocycles. The summed E-state index contributed by atoms with van der Waals surface area (Å²) in [5.41, 5.74) is 2.74. The Bertz CT molecular complexity index is 736. The molecular formula is C18H18N2O2S. The molecule has 4 nitrogen and oxygen atoms in total. The van der Waals surface area contributed by atoms with Gasteiger partial charge < -0.3 is 4.90 Å². The molecule has 0 saturated carbocycles. The van der Waals surface area contributed by atoms with E-state index in [1.165, 1.54) is 11.3 Å². The van der Waals surface area contributed by atoms with Gasteiger partial charge in [0.15, 0.2) is 5.78 Å². The molecule has 0 fully saturated rings. The minimum atomic E-state index is -0.0427. The number of carbonyl (C=O) groups excluding carboxylic acids is 2. The molecule has 0 atom stereocenters. The van der Waals surface area contributed by atoms with Crippen molar-refractivity contribution in [1.29, 1.82) is 0 Å². The SMILES string of the molecule is CN(Cc1nccs1)C(=O)CC1=C(c2ccccc2)CCC1=O. The molecule has 2 aromatic rings. The number of hydrogen-bond donors (Lipinski definition) is 0. The predicted octanol–water partition coefficient (Wildman–Crippen LogP) is 3.31. The van der Waals surface area contributed by atoms with Gasteiger partial charge in [0.1, 0.15) is 5.01 Å². The van der Waals surface area contributed by atoms with Crippen molar-refractivity contribution in [1.82, 2.24) is 9.88 Å². The number of nitrogens with zero attached hydrogens (tertiary/aromatic N) is 2. The van der Waals surface area contributed by atoms with Crippen molar-refractivity contribution >= 4 is 28.6 Å². The molecule has 5 heteroatoms. The number of Topliss-reactive ketones (excluding diaryl/α,β-unsaturated/α-hetero) is 1. The van der Waals surface area contributed by atoms with Crippen LogP contribution in [-0.4, -0.2) is 28.6 Å². The fourth-order valence-corrected chi connectivity index (χ4v) is 3.45. The molecule has 118 valence electrons. The maximum Gasteiger partial charge on any atom is 0.227 e. The number of thiazole rings is 1. The first-order valence-corrected chi connectivity index (χ1v) is 8.46. The van der Waals surface area contributed by atoms with Gasteiger partial charge in [-0.3, -0.25) is 9.59 Å². The Hall–Kier alpha value is -2.27. The molecule has 1 amide bonds. The maximum absolute atomic E-state index is 12.5. The van der Waals surface area contributed by atoms with Crippen LogP contribution in [0.4, 0.5) is 0 Å². The fraction of sp³-hybridized carbons (Fsp3) is 0.278. The van der Waals surface area contributed by atoms with E-state index in [9.17, 15) is 9.59 Å². The highest BCUT2D eigenvalue weighted by molar-refractivity contribution is 7.09. The van der Waals surface area contributed by atoms with Crippen LogP contribution in [-0.2, 0) is 16.1 Å². The van der Waals surface area contributed by atoms with Crippen LogP contribution >= 0.6 is 11.3 Å². The summed E-state index contributed by atoms with van der Waals surface area (Å²) in [5.74, 6) is 0.0544. The maximum atomic E-state index is 12.5. The highest BCUT2D eigenvalue weighted by atomic mass is 32.1. The molecular weight excluding hydrogens is 308 g/mol. The topological polar surface area (TPSA) is 50.3 Å². The van der Waals surface area contributed by atoms with Gasteiger partial charge in [0.2, 0.25) is 5.91 Å². The zero-order valence-electron chi connectivity index (χ0n) is 13.0. The molecule has 3 rings (SSSR count). The average Bonchev–Trinajstić information content (AvgIpc) is 3.19. The third-order valence-corrected chi connectivity index (χ3v) is 4.80. The van der Waals surface area contributed by atoms with Crippen LogP contribution < -0.4 is 0 Å². The Morgan fingerprint density at radius 2 is 2.04 bits per heavy atom. The number of benzene rings is 1. The van der Waals surface area contributed by atoms with Gasteiger partial charge in [-0.2, -0.15) is 0 Å². The van der Waals surface area contributed by atoms with E-state index in [0.29, 0.717) is 18.5 Å². The van der Waals surface area contributed by atoms with E-state index < -0.39 is 0 Å².